The van der Waals surface area contributed by atoms with Crippen LogP contribution >= 0.6 is 0 Å². The van der Waals surface area contributed by atoms with Crippen molar-refractivity contribution in [1.82, 2.24) is 10.2 Å². The third kappa shape index (κ3) is 3.47. The lowest BCUT2D eigenvalue weighted by atomic mass is 9.84. The van der Waals surface area contributed by atoms with Crippen molar-refractivity contribution >= 4 is 11.9 Å². The van der Waals surface area contributed by atoms with Gasteiger partial charge in [-0.25, -0.2) is 4.79 Å². The van der Waals surface area contributed by atoms with E-state index in [1.165, 1.54) is 0 Å². The van der Waals surface area contributed by atoms with Crippen LogP contribution in [-0.4, -0.2) is 54.9 Å². The fraction of sp³-hybridized carbons (Fsp3) is 0.333. The Bertz CT molecular complexity index is 916. The summed E-state index contributed by atoms with van der Waals surface area (Å²) in [6.07, 6.45) is -0.694. The molecule has 2 N–H and O–H groups in total. The Labute approximate surface area is 168 Å². The number of urea groups is 1. The van der Waals surface area contributed by atoms with Crippen LogP contribution in [0.15, 0.2) is 48.5 Å². The number of β-amino-alcohol motifs (C(OH)–C–C–N with tert-alkyl or cyclic N) is 1. The first-order chi connectivity index (χ1) is 14.0. The van der Waals surface area contributed by atoms with Crippen molar-refractivity contribution in [2.24, 2.45) is 0 Å². The highest BCUT2D eigenvalue weighted by atomic mass is 16.5. The molecule has 0 saturated carbocycles. The smallest absolute Gasteiger partial charge is 0.325 e. The molecule has 1 spiro atoms. The van der Waals surface area contributed by atoms with Gasteiger partial charge >= 0.3 is 6.03 Å². The number of carbonyl (C=O) groups is 2. The molecular formula is C21H22N2O6. The van der Waals surface area contributed by atoms with Gasteiger partial charge in [0, 0.05) is 12.0 Å². The highest BCUT2D eigenvalue weighted by molar-refractivity contribution is 6.08. The molecule has 8 nitrogen and oxygen atoms in total. The van der Waals surface area contributed by atoms with E-state index < -0.39 is 17.7 Å². The van der Waals surface area contributed by atoms with Gasteiger partial charge in [0.15, 0.2) is 5.54 Å². The van der Waals surface area contributed by atoms with Crippen LogP contribution in [0, 0.1) is 0 Å². The largest absolute Gasteiger partial charge is 0.497 e. The summed E-state index contributed by atoms with van der Waals surface area (Å²) in [7, 11) is 1.57. The maximum absolute atomic E-state index is 13.2. The van der Waals surface area contributed by atoms with Crippen molar-refractivity contribution in [2.75, 3.05) is 26.9 Å². The van der Waals surface area contributed by atoms with Gasteiger partial charge in [0.1, 0.15) is 30.0 Å². The second-order valence-corrected chi connectivity index (χ2v) is 6.99. The van der Waals surface area contributed by atoms with Crippen molar-refractivity contribution in [3.05, 3.63) is 54.1 Å². The topological polar surface area (TPSA) is 97.3 Å². The van der Waals surface area contributed by atoms with Crippen LogP contribution in [-0.2, 0) is 10.3 Å². The number of fused-ring (bicyclic) bond motifs is 2. The van der Waals surface area contributed by atoms with E-state index in [1.54, 1.807) is 49.6 Å². The second kappa shape index (κ2) is 7.63. The van der Waals surface area contributed by atoms with Gasteiger partial charge in [0.25, 0.3) is 5.91 Å². The zero-order chi connectivity index (χ0) is 20.4. The van der Waals surface area contributed by atoms with Gasteiger partial charge < -0.3 is 24.6 Å². The number of ether oxygens (including phenoxy) is 3. The lowest BCUT2D eigenvalue weighted by molar-refractivity contribution is -0.133. The summed E-state index contributed by atoms with van der Waals surface area (Å²) >= 11 is 0. The minimum absolute atomic E-state index is 0.0594. The second-order valence-electron chi connectivity index (χ2n) is 6.99. The number of para-hydroxylation sites is 1. The molecule has 0 radical (unpaired) electrons. The molecular weight excluding hydrogens is 376 g/mol. The SMILES string of the molecule is COc1ccc(OCC(O)CN2C(=O)NC3(CCOc4ccccc43)C2=O)cc1. The number of amides is 3. The van der Waals surface area contributed by atoms with Gasteiger partial charge in [-0.05, 0) is 30.3 Å². The maximum Gasteiger partial charge on any atom is 0.325 e. The lowest BCUT2D eigenvalue weighted by Crippen LogP contribution is -2.48. The molecule has 4 rings (SSSR count). The van der Waals surface area contributed by atoms with Gasteiger partial charge in [0.2, 0.25) is 0 Å². The van der Waals surface area contributed by atoms with Gasteiger partial charge in [-0.2, -0.15) is 0 Å². The number of nitrogens with one attached hydrogen (secondary N) is 1. The molecule has 2 aliphatic heterocycles. The quantitative estimate of drug-likeness (QED) is 0.719. The van der Waals surface area contributed by atoms with Crippen LogP contribution in [0.4, 0.5) is 4.79 Å². The van der Waals surface area contributed by atoms with E-state index in [1.807, 2.05) is 6.07 Å². The molecule has 29 heavy (non-hydrogen) atoms. The number of hydrogen-bond donors (Lipinski definition) is 2. The molecule has 0 aliphatic carbocycles. The van der Waals surface area contributed by atoms with E-state index in [4.69, 9.17) is 14.2 Å². The molecule has 2 atom stereocenters. The number of nitrogens with zero attached hydrogens (tertiary/aromatic N) is 1. The van der Waals surface area contributed by atoms with Crippen molar-refractivity contribution in [2.45, 2.75) is 18.1 Å². The van der Waals surface area contributed by atoms with Crippen LogP contribution in [0.25, 0.3) is 0 Å². The molecule has 1 fully saturated rings. The van der Waals surface area contributed by atoms with Crippen molar-refractivity contribution in [1.29, 1.82) is 0 Å². The summed E-state index contributed by atoms with van der Waals surface area (Å²) in [6.45, 7) is 0.0989. The van der Waals surface area contributed by atoms with E-state index in [0.29, 0.717) is 35.8 Å². The van der Waals surface area contributed by atoms with Crippen molar-refractivity contribution in [3.63, 3.8) is 0 Å². The number of carbonyl (C=O) groups excluding carboxylic acids is 2. The molecule has 8 heteroatoms. The summed E-state index contributed by atoms with van der Waals surface area (Å²) in [5.74, 6) is 1.44. The Morgan fingerprint density at radius 2 is 1.90 bits per heavy atom. The first-order valence-electron chi connectivity index (χ1n) is 9.35. The summed E-state index contributed by atoms with van der Waals surface area (Å²) in [5.41, 5.74) is -0.515. The van der Waals surface area contributed by atoms with Gasteiger partial charge in [-0.1, -0.05) is 18.2 Å². The monoisotopic (exact) mass is 398 g/mol. The molecule has 2 unspecified atom stereocenters. The van der Waals surface area contributed by atoms with Gasteiger partial charge in [-0.15, -0.1) is 0 Å². The summed E-state index contributed by atoms with van der Waals surface area (Å²) in [6, 6.07) is 13.5. The normalized spacial score (nSPS) is 21.4. The average Bonchev–Trinajstić information content (AvgIpc) is 2.97. The summed E-state index contributed by atoms with van der Waals surface area (Å²) in [5, 5.41) is 13.1. The lowest BCUT2D eigenvalue weighted by Gasteiger charge is -2.33. The zero-order valence-electron chi connectivity index (χ0n) is 16.0. The number of benzene rings is 2. The Morgan fingerprint density at radius 1 is 1.17 bits per heavy atom. The van der Waals surface area contributed by atoms with Crippen LogP contribution in [0.3, 0.4) is 0 Å². The minimum Gasteiger partial charge on any atom is -0.497 e. The number of imide groups is 1. The van der Waals surface area contributed by atoms with Crippen molar-refractivity contribution in [3.8, 4) is 17.2 Å². The number of hydrogen-bond acceptors (Lipinski definition) is 6. The van der Waals surface area contributed by atoms with E-state index in [0.717, 1.165) is 4.90 Å². The summed E-state index contributed by atoms with van der Waals surface area (Å²) < 4.78 is 16.2. The molecule has 2 aromatic rings. The van der Waals surface area contributed by atoms with Crippen LogP contribution in [0.1, 0.15) is 12.0 Å². The van der Waals surface area contributed by atoms with Crippen LogP contribution < -0.4 is 19.5 Å². The molecule has 3 amide bonds. The van der Waals surface area contributed by atoms with E-state index >= 15 is 0 Å². The van der Waals surface area contributed by atoms with E-state index in [-0.39, 0.29) is 19.1 Å². The molecule has 2 aromatic carbocycles. The Morgan fingerprint density at radius 3 is 2.66 bits per heavy atom. The fourth-order valence-electron chi connectivity index (χ4n) is 3.67. The predicted octanol–water partition coefficient (Wildman–Crippen LogP) is 1.66. The standard InChI is InChI=1S/C21H22N2O6/c1-27-15-6-8-16(9-7-15)29-13-14(24)12-23-19(25)21(22-20(23)26)10-11-28-18-5-3-2-4-17(18)21/h2-9,14,24H,10-13H2,1H3,(H,22,26). The maximum atomic E-state index is 13.2. The Balaban J connectivity index is 1.43. The van der Waals surface area contributed by atoms with E-state index in [9.17, 15) is 14.7 Å². The summed E-state index contributed by atoms with van der Waals surface area (Å²) in [4.78, 5) is 26.7. The van der Waals surface area contributed by atoms with Gasteiger partial charge in [-0.3, -0.25) is 9.69 Å². The van der Waals surface area contributed by atoms with Crippen molar-refractivity contribution < 1.29 is 28.9 Å². The molecule has 1 saturated heterocycles. The van der Waals surface area contributed by atoms with Gasteiger partial charge in [0.05, 0.1) is 20.3 Å². The predicted molar refractivity (Wildman–Crippen MR) is 103 cm³/mol. The third-order valence-corrected chi connectivity index (χ3v) is 5.15. The highest BCUT2D eigenvalue weighted by Gasteiger charge is 2.55. The molecule has 2 aliphatic rings. The van der Waals surface area contributed by atoms with Crippen LogP contribution in [0.2, 0.25) is 0 Å². The molecule has 2 heterocycles. The number of rotatable bonds is 6. The first-order valence-corrected chi connectivity index (χ1v) is 9.35. The molecule has 152 valence electrons. The number of aliphatic hydroxyl groups is 1. The molecule has 0 bridgehead atoms. The van der Waals surface area contributed by atoms with Crippen LogP contribution in [0.5, 0.6) is 17.2 Å². The van der Waals surface area contributed by atoms with E-state index in [2.05, 4.69) is 5.32 Å². The molecule has 0 aromatic heterocycles. The number of methoxy groups -OCH3 is 1. The highest BCUT2D eigenvalue weighted by Crippen LogP contribution is 2.40. The average molecular weight is 398 g/mol. The fourth-order valence-corrected chi connectivity index (χ4v) is 3.67. The number of aliphatic hydroxyl groups excluding tert-OH is 1. The first kappa shape index (κ1) is 19.1. The Kier molecular flexibility index (Phi) is 5.02. The Hall–Kier alpha value is -3.26. The third-order valence-electron chi connectivity index (χ3n) is 5.15. The minimum atomic E-state index is -1.15. The zero-order valence-corrected chi connectivity index (χ0v) is 16.0.